The number of nitrogens with zero attached hydrogens (tertiary/aromatic N) is 2. The van der Waals surface area contributed by atoms with E-state index < -0.39 is 0 Å². The number of hydrogen-bond donors (Lipinski definition) is 2. The summed E-state index contributed by atoms with van der Waals surface area (Å²) >= 11 is 3.13. The number of ether oxygens (including phenoxy) is 2. The van der Waals surface area contributed by atoms with Crippen molar-refractivity contribution in [3.63, 3.8) is 0 Å². The Morgan fingerprint density at radius 1 is 1.36 bits per heavy atom. The van der Waals surface area contributed by atoms with Gasteiger partial charge in [-0.3, -0.25) is 4.79 Å². The van der Waals surface area contributed by atoms with E-state index >= 15 is 0 Å². The van der Waals surface area contributed by atoms with Gasteiger partial charge in [0.1, 0.15) is 11.1 Å². The first-order chi connectivity index (χ1) is 12.1. The molecule has 0 aliphatic heterocycles. The van der Waals surface area contributed by atoms with Gasteiger partial charge in [0.15, 0.2) is 11.6 Å². The first kappa shape index (κ1) is 23.6. The highest BCUT2D eigenvalue weighted by Crippen LogP contribution is 2.19. The number of nitrogens with two attached hydrogens (primary N) is 1. The number of carbonyl (C=O) groups excluding carboxylic acids is 1. The summed E-state index contributed by atoms with van der Waals surface area (Å²) in [5.41, 5.74) is 5.56. The van der Waals surface area contributed by atoms with E-state index in [1.807, 2.05) is 21.0 Å². The summed E-state index contributed by atoms with van der Waals surface area (Å²) in [5, 5.41) is 2.73. The molecule has 0 atom stereocenters. The highest BCUT2D eigenvalue weighted by Gasteiger charge is 2.10. The van der Waals surface area contributed by atoms with Crippen LogP contribution < -0.4 is 11.1 Å². The molecule has 0 radical (unpaired) electrons. The second-order valence-electron chi connectivity index (χ2n) is 5.08. The van der Waals surface area contributed by atoms with Crippen molar-refractivity contribution in [2.24, 2.45) is 0 Å². The highest BCUT2D eigenvalue weighted by molar-refractivity contribution is 9.10. The van der Waals surface area contributed by atoms with Crippen LogP contribution in [0.2, 0.25) is 0 Å². The zero-order valence-electron chi connectivity index (χ0n) is 15.7. The van der Waals surface area contributed by atoms with Gasteiger partial charge in [-0.2, -0.15) is 0 Å². The van der Waals surface area contributed by atoms with Crippen LogP contribution in [-0.2, 0) is 14.3 Å². The van der Waals surface area contributed by atoms with Crippen molar-refractivity contribution in [1.29, 1.82) is 0 Å². The number of carbonyl (C=O) groups is 1. The highest BCUT2D eigenvalue weighted by atomic mass is 79.9. The van der Waals surface area contributed by atoms with Crippen LogP contribution in [0.4, 0.5) is 11.6 Å². The second-order valence-corrected chi connectivity index (χ2v) is 5.89. The Balaban J connectivity index is 0.000000483. The van der Waals surface area contributed by atoms with Gasteiger partial charge in [-0.1, -0.05) is 33.1 Å². The van der Waals surface area contributed by atoms with Gasteiger partial charge in [-0.15, -0.1) is 0 Å². The third-order valence-electron chi connectivity index (χ3n) is 3.36. The SMILES string of the molecule is CC.CCOC(=O)CNc1ncc(Br)nc1N.COC1CCCCC1. The van der Waals surface area contributed by atoms with Gasteiger partial charge in [-0.25, -0.2) is 9.97 Å². The van der Waals surface area contributed by atoms with Crippen LogP contribution in [0.3, 0.4) is 0 Å². The number of methoxy groups -OCH3 is 1. The maximum absolute atomic E-state index is 11.0. The van der Waals surface area contributed by atoms with Gasteiger partial charge in [0.2, 0.25) is 0 Å². The van der Waals surface area contributed by atoms with E-state index in [1.54, 1.807) is 6.92 Å². The van der Waals surface area contributed by atoms with Crippen LogP contribution in [0, 0.1) is 0 Å². The number of nitrogens with one attached hydrogen (secondary N) is 1. The van der Waals surface area contributed by atoms with E-state index in [4.69, 9.17) is 15.2 Å². The van der Waals surface area contributed by atoms with E-state index in [0.29, 0.717) is 23.1 Å². The fraction of sp³-hybridized carbons (Fsp3) is 0.706. The summed E-state index contributed by atoms with van der Waals surface area (Å²) in [7, 11) is 1.82. The first-order valence-electron chi connectivity index (χ1n) is 8.77. The molecule has 8 heteroatoms. The molecule has 7 nitrogen and oxygen atoms in total. The van der Waals surface area contributed by atoms with Crippen LogP contribution in [0.1, 0.15) is 52.9 Å². The molecular formula is C17H31BrN4O3. The zero-order chi connectivity index (χ0) is 19.1. The molecule has 144 valence electrons. The molecular weight excluding hydrogens is 388 g/mol. The Morgan fingerprint density at radius 2 is 2.00 bits per heavy atom. The van der Waals surface area contributed by atoms with Crippen molar-refractivity contribution >= 4 is 33.5 Å². The van der Waals surface area contributed by atoms with Crippen molar-refractivity contribution < 1.29 is 14.3 Å². The Bertz CT molecular complexity index is 483. The summed E-state index contributed by atoms with van der Waals surface area (Å²) < 4.78 is 10.5. The number of nitrogen functional groups attached to an aromatic ring is 1. The Kier molecular flexibility index (Phi) is 14.1. The molecule has 1 aromatic heterocycles. The molecule has 25 heavy (non-hydrogen) atoms. The van der Waals surface area contributed by atoms with E-state index in [-0.39, 0.29) is 18.3 Å². The van der Waals surface area contributed by atoms with Gasteiger partial charge in [0.05, 0.1) is 18.9 Å². The monoisotopic (exact) mass is 418 g/mol. The van der Waals surface area contributed by atoms with Crippen LogP contribution in [-0.4, -0.2) is 42.3 Å². The van der Waals surface area contributed by atoms with Crippen LogP contribution >= 0.6 is 15.9 Å². The maximum atomic E-state index is 11.0. The predicted molar refractivity (Wildman–Crippen MR) is 104 cm³/mol. The number of aromatic nitrogens is 2. The van der Waals surface area contributed by atoms with Gasteiger partial charge >= 0.3 is 5.97 Å². The Morgan fingerprint density at radius 3 is 2.48 bits per heavy atom. The van der Waals surface area contributed by atoms with E-state index in [1.165, 1.54) is 38.3 Å². The number of anilines is 2. The number of esters is 1. The lowest BCUT2D eigenvalue weighted by Crippen LogP contribution is -2.18. The fourth-order valence-electron chi connectivity index (χ4n) is 2.19. The summed E-state index contributed by atoms with van der Waals surface area (Å²) in [5.74, 6) is 0.238. The minimum absolute atomic E-state index is 0.0222. The molecule has 1 aliphatic carbocycles. The topological polar surface area (TPSA) is 99.4 Å². The van der Waals surface area contributed by atoms with Crippen molar-refractivity contribution in [2.75, 3.05) is 31.3 Å². The normalized spacial score (nSPS) is 13.6. The zero-order valence-corrected chi connectivity index (χ0v) is 17.3. The largest absolute Gasteiger partial charge is 0.465 e. The minimum Gasteiger partial charge on any atom is -0.465 e. The molecule has 0 aromatic carbocycles. The smallest absolute Gasteiger partial charge is 0.325 e. The Hall–Kier alpha value is -1.41. The molecule has 2 rings (SSSR count). The lowest BCUT2D eigenvalue weighted by atomic mass is 9.98. The van der Waals surface area contributed by atoms with E-state index in [9.17, 15) is 4.79 Å². The van der Waals surface area contributed by atoms with E-state index in [0.717, 1.165) is 0 Å². The second kappa shape index (κ2) is 14.9. The first-order valence-corrected chi connectivity index (χ1v) is 9.56. The molecule has 1 saturated carbocycles. The number of halogens is 1. The quantitative estimate of drug-likeness (QED) is 0.701. The molecule has 1 heterocycles. The summed E-state index contributed by atoms with van der Waals surface area (Å²) in [6.07, 6.45) is 8.82. The molecule has 0 unspecified atom stereocenters. The molecule has 0 spiro atoms. The molecule has 3 N–H and O–H groups in total. The maximum Gasteiger partial charge on any atom is 0.325 e. The van der Waals surface area contributed by atoms with Gasteiger partial charge < -0.3 is 20.5 Å². The van der Waals surface area contributed by atoms with Crippen LogP contribution in [0.15, 0.2) is 10.8 Å². The summed E-state index contributed by atoms with van der Waals surface area (Å²) in [6, 6.07) is 0. The fourth-order valence-corrected chi connectivity index (χ4v) is 2.48. The van der Waals surface area contributed by atoms with E-state index in [2.05, 4.69) is 31.2 Å². The molecule has 0 amide bonds. The molecule has 1 aromatic rings. The van der Waals surface area contributed by atoms with Crippen molar-refractivity contribution in [3.8, 4) is 0 Å². The lowest BCUT2D eigenvalue weighted by Gasteiger charge is -2.19. The van der Waals surface area contributed by atoms with Gasteiger partial charge in [0.25, 0.3) is 0 Å². The molecule has 0 saturated heterocycles. The number of rotatable bonds is 5. The van der Waals surface area contributed by atoms with Crippen LogP contribution in [0.5, 0.6) is 0 Å². The van der Waals surface area contributed by atoms with Crippen LogP contribution in [0.25, 0.3) is 0 Å². The lowest BCUT2D eigenvalue weighted by molar-refractivity contribution is -0.140. The molecule has 0 bridgehead atoms. The average molecular weight is 419 g/mol. The van der Waals surface area contributed by atoms with Crippen molar-refractivity contribution in [3.05, 3.63) is 10.8 Å². The van der Waals surface area contributed by atoms with Crippen molar-refractivity contribution in [1.82, 2.24) is 9.97 Å². The van der Waals surface area contributed by atoms with Gasteiger partial charge in [-0.05, 0) is 35.7 Å². The third-order valence-corrected chi connectivity index (χ3v) is 3.74. The minimum atomic E-state index is -0.360. The van der Waals surface area contributed by atoms with Gasteiger partial charge in [0, 0.05) is 7.11 Å². The molecule has 1 aliphatic rings. The average Bonchev–Trinajstić information content (AvgIpc) is 2.64. The molecule has 1 fully saturated rings. The predicted octanol–water partition coefficient (Wildman–Crippen LogP) is 3.79. The van der Waals surface area contributed by atoms with Crippen molar-refractivity contribution in [2.45, 2.75) is 59.0 Å². The third kappa shape index (κ3) is 10.9. The standard InChI is InChI=1S/C8H11BrN4O2.C7H14O.C2H6/c1-2-15-6(14)4-12-8-7(10)13-5(9)3-11-8;1-8-7-5-3-2-4-6-7;1-2/h3H,2,4H2,1H3,(H2,10,13)(H,11,12);7H,2-6H2,1H3;1-2H3. The summed E-state index contributed by atoms with van der Waals surface area (Å²) in [6.45, 7) is 6.11. The number of hydrogen-bond acceptors (Lipinski definition) is 7. The summed E-state index contributed by atoms with van der Waals surface area (Å²) in [4.78, 5) is 18.9. The Labute approximate surface area is 159 Å².